The number of carbonyl (C=O) groups is 1. The number of ether oxygens (including phenoxy) is 1. The molecule has 1 saturated heterocycles. The van der Waals surface area contributed by atoms with E-state index in [4.69, 9.17) is 4.74 Å². The molecule has 5 heteroatoms. The molecule has 4 nitrogen and oxygen atoms in total. The maximum absolute atomic E-state index is 12.3. The Morgan fingerprint density at radius 2 is 2.20 bits per heavy atom. The van der Waals surface area contributed by atoms with Crippen LogP contribution in [0.5, 0.6) is 0 Å². The Hall–Kier alpha value is -1.10. The van der Waals surface area contributed by atoms with Gasteiger partial charge in [0.2, 0.25) is 0 Å². The molecule has 1 fully saturated rings. The summed E-state index contributed by atoms with van der Waals surface area (Å²) in [6.45, 7) is 3.58. The van der Waals surface area contributed by atoms with Crippen LogP contribution >= 0.6 is 12.4 Å². The van der Waals surface area contributed by atoms with Crippen LogP contribution in [0.15, 0.2) is 24.3 Å². The van der Waals surface area contributed by atoms with Gasteiger partial charge in [0.25, 0.3) is 5.91 Å². The first-order valence-electron chi connectivity index (χ1n) is 6.81. The molecule has 20 heavy (non-hydrogen) atoms. The second-order valence-electron chi connectivity index (χ2n) is 5.14. The van der Waals surface area contributed by atoms with Crippen molar-refractivity contribution < 1.29 is 9.53 Å². The van der Waals surface area contributed by atoms with E-state index in [1.165, 1.54) is 0 Å². The lowest BCUT2D eigenvalue weighted by molar-refractivity contribution is 0.0921. The number of carbonyl (C=O) groups excluding carboxylic acids is 1. The molecule has 1 aromatic rings. The fourth-order valence-corrected chi connectivity index (χ4v) is 2.55. The number of amides is 1. The van der Waals surface area contributed by atoms with E-state index < -0.39 is 0 Å². The van der Waals surface area contributed by atoms with E-state index in [1.807, 2.05) is 24.3 Å². The number of rotatable bonds is 4. The topological polar surface area (TPSA) is 50.4 Å². The second kappa shape index (κ2) is 8.25. The van der Waals surface area contributed by atoms with Crippen molar-refractivity contribution in [1.29, 1.82) is 0 Å². The van der Waals surface area contributed by atoms with Crippen molar-refractivity contribution in [1.82, 2.24) is 10.6 Å². The first-order chi connectivity index (χ1) is 9.20. The summed E-state index contributed by atoms with van der Waals surface area (Å²) in [5.41, 5.74) is 1.65. The summed E-state index contributed by atoms with van der Waals surface area (Å²) < 4.78 is 5.14. The van der Waals surface area contributed by atoms with Gasteiger partial charge in [-0.15, -0.1) is 12.4 Å². The lowest BCUT2D eigenvalue weighted by Crippen LogP contribution is -2.46. The Morgan fingerprint density at radius 1 is 1.45 bits per heavy atom. The third-order valence-electron chi connectivity index (χ3n) is 3.52. The first-order valence-corrected chi connectivity index (χ1v) is 6.81. The SMILES string of the molecule is COCc1ccccc1C(=O)NC1CCNC(C)C1.Cl. The Labute approximate surface area is 126 Å². The van der Waals surface area contributed by atoms with E-state index in [0.717, 1.165) is 30.5 Å². The van der Waals surface area contributed by atoms with Gasteiger partial charge in [0.15, 0.2) is 0 Å². The lowest BCUT2D eigenvalue weighted by Gasteiger charge is -2.28. The van der Waals surface area contributed by atoms with Crippen LogP contribution in [0, 0.1) is 0 Å². The molecule has 1 amide bonds. The van der Waals surface area contributed by atoms with Crippen LogP contribution < -0.4 is 10.6 Å². The number of methoxy groups -OCH3 is 1. The molecule has 2 rings (SSSR count). The van der Waals surface area contributed by atoms with Crippen molar-refractivity contribution >= 4 is 18.3 Å². The van der Waals surface area contributed by atoms with E-state index in [-0.39, 0.29) is 24.4 Å². The number of hydrogen-bond acceptors (Lipinski definition) is 3. The van der Waals surface area contributed by atoms with Crippen molar-refractivity contribution in [3.8, 4) is 0 Å². The van der Waals surface area contributed by atoms with E-state index >= 15 is 0 Å². The maximum atomic E-state index is 12.3. The molecule has 112 valence electrons. The molecule has 1 aromatic carbocycles. The Morgan fingerprint density at radius 3 is 2.90 bits per heavy atom. The van der Waals surface area contributed by atoms with Crippen LogP contribution in [0.2, 0.25) is 0 Å². The van der Waals surface area contributed by atoms with Gasteiger partial charge in [-0.1, -0.05) is 18.2 Å². The van der Waals surface area contributed by atoms with Crippen molar-refractivity contribution in [3.05, 3.63) is 35.4 Å². The van der Waals surface area contributed by atoms with Crippen LogP contribution in [0.1, 0.15) is 35.7 Å². The summed E-state index contributed by atoms with van der Waals surface area (Å²) in [7, 11) is 1.64. The average Bonchev–Trinajstić information content (AvgIpc) is 2.39. The quantitative estimate of drug-likeness (QED) is 0.895. The van der Waals surface area contributed by atoms with Crippen molar-refractivity contribution in [2.45, 2.75) is 38.5 Å². The maximum Gasteiger partial charge on any atom is 0.251 e. The molecule has 0 radical (unpaired) electrons. The number of benzene rings is 1. The zero-order valence-electron chi connectivity index (χ0n) is 12.0. The zero-order chi connectivity index (χ0) is 13.7. The molecular weight excluding hydrogens is 276 g/mol. The molecule has 0 aliphatic carbocycles. The minimum Gasteiger partial charge on any atom is -0.380 e. The number of nitrogens with one attached hydrogen (secondary N) is 2. The summed E-state index contributed by atoms with van der Waals surface area (Å²) in [5, 5.41) is 6.52. The molecular formula is C15H23ClN2O2. The molecule has 1 aliphatic heterocycles. The highest BCUT2D eigenvalue weighted by molar-refractivity contribution is 5.95. The lowest BCUT2D eigenvalue weighted by atomic mass is 9.99. The fraction of sp³-hybridized carbons (Fsp3) is 0.533. The smallest absolute Gasteiger partial charge is 0.251 e. The van der Waals surface area contributed by atoms with Crippen molar-refractivity contribution in [2.75, 3.05) is 13.7 Å². The summed E-state index contributed by atoms with van der Waals surface area (Å²) in [6.07, 6.45) is 1.97. The van der Waals surface area contributed by atoms with Crippen LogP contribution in [0.3, 0.4) is 0 Å². The van der Waals surface area contributed by atoms with Crippen LogP contribution in [-0.2, 0) is 11.3 Å². The minimum absolute atomic E-state index is 0. The Kier molecular flexibility index (Phi) is 6.99. The highest BCUT2D eigenvalue weighted by Crippen LogP contribution is 2.13. The highest BCUT2D eigenvalue weighted by Gasteiger charge is 2.21. The molecule has 0 saturated carbocycles. The molecule has 2 N–H and O–H groups in total. The third-order valence-corrected chi connectivity index (χ3v) is 3.52. The molecule has 2 unspecified atom stereocenters. The molecule has 0 spiro atoms. The van der Waals surface area contributed by atoms with Gasteiger partial charge in [-0.2, -0.15) is 0 Å². The van der Waals surface area contributed by atoms with E-state index in [1.54, 1.807) is 7.11 Å². The fourth-order valence-electron chi connectivity index (χ4n) is 2.55. The van der Waals surface area contributed by atoms with E-state index in [2.05, 4.69) is 17.6 Å². The molecule has 1 aliphatic rings. The summed E-state index contributed by atoms with van der Waals surface area (Å²) >= 11 is 0. The summed E-state index contributed by atoms with van der Waals surface area (Å²) in [4.78, 5) is 12.3. The predicted octanol–water partition coefficient (Wildman–Crippen LogP) is 2.13. The number of piperidine rings is 1. The van der Waals surface area contributed by atoms with Gasteiger partial charge in [-0.25, -0.2) is 0 Å². The molecule has 2 atom stereocenters. The summed E-state index contributed by atoms with van der Waals surface area (Å²) in [6, 6.07) is 8.33. The predicted molar refractivity (Wildman–Crippen MR) is 82.4 cm³/mol. The minimum atomic E-state index is 0. The normalized spacial score (nSPS) is 21.9. The first kappa shape index (κ1) is 17.0. The summed E-state index contributed by atoms with van der Waals surface area (Å²) in [5.74, 6) is 0.00625. The van der Waals surface area contributed by atoms with Crippen LogP contribution in [-0.4, -0.2) is 31.6 Å². The van der Waals surface area contributed by atoms with E-state index in [0.29, 0.717) is 12.6 Å². The van der Waals surface area contributed by atoms with Gasteiger partial charge in [0, 0.05) is 24.8 Å². The Bertz CT molecular complexity index is 440. The molecule has 0 aromatic heterocycles. The standard InChI is InChI=1S/C15H22N2O2.ClH/c1-11-9-13(7-8-16-11)17-15(18)14-6-4-3-5-12(14)10-19-2;/h3-6,11,13,16H,7-10H2,1-2H3,(H,17,18);1H. The highest BCUT2D eigenvalue weighted by atomic mass is 35.5. The third kappa shape index (κ3) is 4.47. The largest absolute Gasteiger partial charge is 0.380 e. The number of halogens is 1. The second-order valence-corrected chi connectivity index (χ2v) is 5.14. The van der Waals surface area contributed by atoms with Gasteiger partial charge in [-0.05, 0) is 37.9 Å². The van der Waals surface area contributed by atoms with Crippen molar-refractivity contribution in [2.24, 2.45) is 0 Å². The number of hydrogen-bond donors (Lipinski definition) is 2. The van der Waals surface area contributed by atoms with E-state index in [9.17, 15) is 4.79 Å². The zero-order valence-corrected chi connectivity index (χ0v) is 12.8. The van der Waals surface area contributed by atoms with Gasteiger partial charge < -0.3 is 15.4 Å². The van der Waals surface area contributed by atoms with Gasteiger partial charge in [0.05, 0.1) is 6.61 Å². The average molecular weight is 299 g/mol. The van der Waals surface area contributed by atoms with Crippen molar-refractivity contribution in [3.63, 3.8) is 0 Å². The van der Waals surface area contributed by atoms with Crippen LogP contribution in [0.25, 0.3) is 0 Å². The van der Waals surface area contributed by atoms with Crippen LogP contribution in [0.4, 0.5) is 0 Å². The molecule has 0 bridgehead atoms. The Balaban J connectivity index is 0.00000200. The van der Waals surface area contributed by atoms with Gasteiger partial charge in [0.1, 0.15) is 0 Å². The van der Waals surface area contributed by atoms with Gasteiger partial charge >= 0.3 is 0 Å². The monoisotopic (exact) mass is 298 g/mol. The van der Waals surface area contributed by atoms with Gasteiger partial charge in [-0.3, -0.25) is 4.79 Å². The molecule has 1 heterocycles.